The molecule has 0 atom stereocenters. The fraction of sp³-hybridized carbons (Fsp3) is 0.273. The molecule has 0 aliphatic carbocycles. The van der Waals surface area contributed by atoms with Crippen LogP contribution in [-0.4, -0.2) is 34.8 Å². The highest BCUT2D eigenvalue weighted by molar-refractivity contribution is 7.09. The first-order valence-corrected chi connectivity index (χ1v) is 10.6. The summed E-state index contributed by atoms with van der Waals surface area (Å²) >= 11 is 1.21. The molecular formula is C22H19F4N3O3S. The van der Waals surface area contributed by atoms with E-state index < -0.39 is 29.7 Å². The molecule has 6 nitrogen and oxygen atoms in total. The van der Waals surface area contributed by atoms with Gasteiger partial charge in [-0.2, -0.15) is 22.6 Å². The van der Waals surface area contributed by atoms with E-state index in [1.54, 1.807) is 20.2 Å². The van der Waals surface area contributed by atoms with Gasteiger partial charge in [0.15, 0.2) is 16.3 Å². The number of hydrogen-bond acceptors (Lipinski definition) is 4. The molecule has 0 fully saturated rings. The molecule has 33 heavy (non-hydrogen) atoms. The summed E-state index contributed by atoms with van der Waals surface area (Å²) in [4.78, 5) is 19.4. The largest absolute Gasteiger partial charge is 0.507 e. The van der Waals surface area contributed by atoms with Crippen LogP contribution in [0, 0.1) is 13.8 Å². The van der Waals surface area contributed by atoms with Crippen LogP contribution in [0.2, 0.25) is 0 Å². The van der Waals surface area contributed by atoms with Gasteiger partial charge >= 0.3 is 18.2 Å². The lowest BCUT2D eigenvalue weighted by atomic mass is 10.1. The van der Waals surface area contributed by atoms with Gasteiger partial charge in [-0.15, -0.1) is 11.3 Å². The van der Waals surface area contributed by atoms with Gasteiger partial charge in [-0.25, -0.2) is 4.79 Å². The number of thiazole rings is 1. The number of alkyl halides is 4. The highest BCUT2D eigenvalue weighted by atomic mass is 32.1. The summed E-state index contributed by atoms with van der Waals surface area (Å²) in [7, 11) is 1.61. The molecule has 0 spiro atoms. The van der Waals surface area contributed by atoms with Crippen molar-refractivity contribution in [3.05, 3.63) is 69.5 Å². The van der Waals surface area contributed by atoms with Gasteiger partial charge in [-0.1, -0.05) is 29.8 Å². The second-order valence-corrected chi connectivity index (χ2v) is 8.81. The van der Waals surface area contributed by atoms with Crippen molar-refractivity contribution < 1.29 is 31.8 Å². The number of amides is 2. The van der Waals surface area contributed by atoms with Crippen LogP contribution in [-0.2, 0) is 6.54 Å². The van der Waals surface area contributed by atoms with Crippen molar-refractivity contribution in [2.24, 2.45) is 4.99 Å². The maximum Gasteiger partial charge on any atom is 0.507 e. The fourth-order valence-corrected chi connectivity index (χ4v) is 3.95. The molecule has 2 aromatic carbocycles. The highest BCUT2D eigenvalue weighted by Crippen LogP contribution is 2.47. The quantitative estimate of drug-likeness (QED) is 0.480. The van der Waals surface area contributed by atoms with Gasteiger partial charge in [0.05, 0.1) is 5.69 Å². The fourth-order valence-electron chi connectivity index (χ4n) is 3.13. The molecule has 3 aromatic rings. The SMILES string of the molecule is Cc1ccc(CN(C)C(=O)N=c2sc(C)cn2-c2ccc3c(c2)OC(F)(F)C(F)(F)O3)cc1. The zero-order valence-electron chi connectivity index (χ0n) is 17.8. The zero-order valence-corrected chi connectivity index (χ0v) is 18.6. The van der Waals surface area contributed by atoms with E-state index >= 15 is 0 Å². The van der Waals surface area contributed by atoms with E-state index in [1.165, 1.54) is 26.9 Å². The van der Waals surface area contributed by atoms with Crippen LogP contribution in [0.1, 0.15) is 16.0 Å². The highest BCUT2D eigenvalue weighted by Gasteiger charge is 2.65. The maximum atomic E-state index is 13.6. The molecule has 0 bridgehead atoms. The van der Waals surface area contributed by atoms with Crippen molar-refractivity contribution in [1.82, 2.24) is 9.47 Å². The average Bonchev–Trinajstić information content (AvgIpc) is 3.09. The van der Waals surface area contributed by atoms with Crippen LogP contribution in [0.3, 0.4) is 0 Å². The number of aromatic nitrogens is 1. The Hall–Kier alpha value is -3.34. The van der Waals surface area contributed by atoms with Crippen LogP contribution in [0.25, 0.3) is 5.69 Å². The average molecular weight is 481 g/mol. The third-order valence-electron chi connectivity index (χ3n) is 4.85. The lowest BCUT2D eigenvalue weighted by Crippen LogP contribution is -2.52. The lowest BCUT2D eigenvalue weighted by molar-refractivity contribution is -0.391. The van der Waals surface area contributed by atoms with Gasteiger partial charge in [0.25, 0.3) is 0 Å². The third-order valence-corrected chi connectivity index (χ3v) is 5.75. The van der Waals surface area contributed by atoms with Crippen molar-refractivity contribution in [3.63, 3.8) is 0 Å². The molecule has 0 radical (unpaired) electrons. The summed E-state index contributed by atoms with van der Waals surface area (Å²) in [6, 6.07) is 10.8. The number of urea groups is 1. The predicted molar refractivity (Wildman–Crippen MR) is 113 cm³/mol. The molecule has 0 N–H and O–H groups in total. The number of benzene rings is 2. The number of hydrogen-bond donors (Lipinski definition) is 0. The summed E-state index contributed by atoms with van der Waals surface area (Å²) in [5.41, 5.74) is 2.33. The molecule has 0 saturated carbocycles. The van der Waals surface area contributed by atoms with Crippen LogP contribution in [0.5, 0.6) is 11.5 Å². The Morgan fingerprint density at radius 3 is 2.33 bits per heavy atom. The molecule has 2 amide bonds. The van der Waals surface area contributed by atoms with Crippen LogP contribution >= 0.6 is 11.3 Å². The first-order chi connectivity index (χ1) is 15.4. The normalized spacial score (nSPS) is 16.5. The Labute approximate surface area is 190 Å². The van der Waals surface area contributed by atoms with Crippen LogP contribution in [0.15, 0.2) is 53.7 Å². The minimum Gasteiger partial charge on any atom is -0.421 e. The van der Waals surface area contributed by atoms with Gasteiger partial charge in [0, 0.05) is 30.7 Å². The lowest BCUT2D eigenvalue weighted by Gasteiger charge is -2.31. The van der Waals surface area contributed by atoms with Crippen LogP contribution in [0.4, 0.5) is 22.4 Å². The number of rotatable bonds is 3. The van der Waals surface area contributed by atoms with E-state index in [2.05, 4.69) is 14.5 Å². The van der Waals surface area contributed by atoms with E-state index in [0.29, 0.717) is 6.54 Å². The van der Waals surface area contributed by atoms with Gasteiger partial charge < -0.3 is 14.4 Å². The minimum absolute atomic E-state index is 0.280. The van der Waals surface area contributed by atoms with Crippen molar-refractivity contribution in [2.45, 2.75) is 32.6 Å². The first kappa shape index (κ1) is 22.8. The summed E-state index contributed by atoms with van der Waals surface area (Å²) in [6.07, 6.45) is -7.97. The minimum atomic E-state index is -4.82. The van der Waals surface area contributed by atoms with E-state index in [9.17, 15) is 22.4 Å². The molecule has 0 unspecified atom stereocenters. The Bertz CT molecular complexity index is 1270. The number of carbonyl (C=O) groups excluding carboxylic acids is 1. The third kappa shape index (κ3) is 4.58. The summed E-state index contributed by atoms with van der Waals surface area (Å²) in [5, 5.41) is 0. The number of fused-ring (bicyclic) bond motifs is 1. The van der Waals surface area contributed by atoms with E-state index in [4.69, 9.17) is 0 Å². The molecule has 4 rings (SSSR count). The predicted octanol–water partition coefficient (Wildman–Crippen LogP) is 5.27. The van der Waals surface area contributed by atoms with Crippen molar-refractivity contribution in [3.8, 4) is 17.2 Å². The Morgan fingerprint density at radius 2 is 1.67 bits per heavy atom. The van der Waals surface area contributed by atoms with E-state index in [1.807, 2.05) is 31.2 Å². The van der Waals surface area contributed by atoms with Crippen LogP contribution < -0.4 is 14.3 Å². The van der Waals surface area contributed by atoms with E-state index in [-0.39, 0.29) is 10.5 Å². The summed E-state index contributed by atoms with van der Waals surface area (Å²) in [6.45, 7) is 4.10. The summed E-state index contributed by atoms with van der Waals surface area (Å²) in [5.74, 6) is -1.07. The molecule has 0 saturated heterocycles. The number of aryl methyl sites for hydroxylation is 2. The van der Waals surface area contributed by atoms with Gasteiger partial charge in [0.2, 0.25) is 0 Å². The van der Waals surface area contributed by atoms with Crippen molar-refractivity contribution >= 4 is 17.4 Å². The first-order valence-electron chi connectivity index (χ1n) is 9.78. The Balaban J connectivity index is 1.63. The van der Waals surface area contributed by atoms with E-state index in [0.717, 1.165) is 28.1 Å². The monoisotopic (exact) mass is 481 g/mol. The number of ether oxygens (including phenoxy) is 2. The topological polar surface area (TPSA) is 56.1 Å². The molecule has 1 aliphatic rings. The van der Waals surface area contributed by atoms with Gasteiger partial charge in [-0.05, 0) is 31.5 Å². The van der Waals surface area contributed by atoms with Crippen molar-refractivity contribution in [1.29, 1.82) is 0 Å². The smallest absolute Gasteiger partial charge is 0.421 e. The number of nitrogens with zero attached hydrogens (tertiary/aromatic N) is 3. The van der Waals surface area contributed by atoms with Gasteiger partial charge in [0.1, 0.15) is 0 Å². The molecule has 2 heterocycles. The second-order valence-electron chi connectivity index (χ2n) is 7.60. The zero-order chi connectivity index (χ0) is 24.0. The van der Waals surface area contributed by atoms with Crippen molar-refractivity contribution in [2.75, 3.05) is 7.05 Å². The van der Waals surface area contributed by atoms with Gasteiger partial charge in [-0.3, -0.25) is 4.57 Å². The molecule has 11 heteroatoms. The second kappa shape index (κ2) is 8.22. The summed E-state index contributed by atoms with van der Waals surface area (Å²) < 4.78 is 63.7. The number of carbonyl (C=O) groups is 1. The maximum absolute atomic E-state index is 13.6. The molecule has 1 aliphatic heterocycles. The number of halogens is 4. The molecule has 1 aromatic heterocycles. The standard InChI is InChI=1S/C22H19F4N3O3S/c1-13-4-6-15(7-5-13)12-28(3)19(30)27-20-29(11-14(2)33-20)16-8-9-17-18(10-16)32-22(25,26)21(23,24)31-17/h4-11H,12H2,1-3H3. The molecule has 174 valence electrons. The Kier molecular flexibility index (Phi) is 5.69. The Morgan fingerprint density at radius 1 is 1.03 bits per heavy atom. The molecular weight excluding hydrogens is 462 g/mol.